The van der Waals surface area contributed by atoms with Gasteiger partial charge in [-0.2, -0.15) is 0 Å². The highest BCUT2D eigenvalue weighted by molar-refractivity contribution is 5.14. The Morgan fingerprint density at radius 1 is 1.67 bits per heavy atom. The summed E-state index contributed by atoms with van der Waals surface area (Å²) in [6.45, 7) is 1.89. The summed E-state index contributed by atoms with van der Waals surface area (Å²) in [5, 5.41) is 0. The fourth-order valence-electron chi connectivity index (χ4n) is 0.598. The Balaban J connectivity index is 2.75. The summed E-state index contributed by atoms with van der Waals surface area (Å²) < 4.78 is 11.6. The number of rotatable bonds is 1. The molecule has 2 heteroatoms. The van der Waals surface area contributed by atoms with Gasteiger partial charge >= 0.3 is 0 Å². The van der Waals surface area contributed by atoms with E-state index in [-0.39, 0.29) is 7.09 Å². The van der Waals surface area contributed by atoms with E-state index in [0.29, 0.717) is 5.88 Å². The molecule has 9 heavy (non-hydrogen) atoms. The van der Waals surface area contributed by atoms with Gasteiger partial charge in [-0.15, -0.1) is 0 Å². The molecule has 0 bridgehead atoms. The predicted octanol–water partition coefficient (Wildman–Crippen LogP) is 1.40. The molecule has 0 fully saturated rings. The average Bonchev–Trinajstić information content (AvgIpc) is 1.88. The Labute approximate surface area is 55.9 Å². The molecule has 1 aromatic rings. The summed E-state index contributed by atoms with van der Waals surface area (Å²) in [5.74, 6) is 0.523. The monoisotopic (exact) mass is 124 g/mol. The van der Waals surface area contributed by atoms with Crippen LogP contribution in [0.1, 0.15) is 7.06 Å². The van der Waals surface area contributed by atoms with Crippen LogP contribution in [-0.4, -0.2) is 12.1 Å². The highest BCUT2D eigenvalue weighted by Gasteiger charge is 1.88. The molecule has 0 saturated carbocycles. The van der Waals surface area contributed by atoms with Crippen molar-refractivity contribution in [3.8, 4) is 5.88 Å². The van der Waals surface area contributed by atoms with Gasteiger partial charge in [0, 0.05) is 11.8 Å². The van der Waals surface area contributed by atoms with E-state index in [0.717, 1.165) is 5.69 Å². The van der Waals surface area contributed by atoms with E-state index in [4.69, 9.17) is 6.11 Å². The van der Waals surface area contributed by atoms with Crippen molar-refractivity contribution in [3.63, 3.8) is 0 Å². The molecule has 0 aromatic carbocycles. The van der Waals surface area contributed by atoms with Gasteiger partial charge in [-0.25, -0.2) is 4.98 Å². The molecule has 1 aromatic heterocycles. The largest absolute Gasteiger partial charge is 0.481 e. The molecule has 0 radical (unpaired) electrons. The van der Waals surface area contributed by atoms with Crippen molar-refractivity contribution in [1.82, 2.24) is 4.98 Å². The van der Waals surface area contributed by atoms with Crippen LogP contribution < -0.4 is 4.74 Å². The van der Waals surface area contributed by atoms with Crippen molar-refractivity contribution < 1.29 is 6.11 Å². The lowest BCUT2D eigenvalue weighted by molar-refractivity contribution is 0.397. The maximum Gasteiger partial charge on any atom is 0.213 e. The first kappa shape index (κ1) is 4.79. The Hall–Kier alpha value is -1.05. The van der Waals surface area contributed by atoms with E-state index in [2.05, 4.69) is 4.98 Å². The second-order valence-electron chi connectivity index (χ2n) is 1.76. The van der Waals surface area contributed by atoms with Gasteiger partial charge in [0.25, 0.3) is 0 Å². The molecule has 0 unspecified atom stereocenters. The van der Waals surface area contributed by atoms with Crippen LogP contribution in [-0.2, 0) is 0 Å². The van der Waals surface area contributed by atoms with E-state index in [1.807, 2.05) is 19.1 Å². The zero-order chi connectivity index (χ0) is 7.40. The first-order valence-corrected chi connectivity index (χ1v) is 2.68. The summed E-state index contributed by atoms with van der Waals surface area (Å²) in [7, 11) is -0.0730. The highest BCUT2D eigenvalue weighted by atomic mass is 16.5. The van der Waals surface area contributed by atoms with E-state index < -0.39 is 0 Å². The topological polar surface area (TPSA) is 22.1 Å². The number of aryl methyl sites for hydroxylation is 1. The average molecular weight is 124 g/mol. The minimum Gasteiger partial charge on any atom is -0.481 e. The van der Waals surface area contributed by atoms with Gasteiger partial charge in [-0.3, -0.25) is 0 Å². The first-order valence-electron chi connectivity index (χ1n) is 3.39. The van der Waals surface area contributed by atoms with Gasteiger partial charge in [0.1, 0.15) is 0 Å². The van der Waals surface area contributed by atoms with Crippen molar-refractivity contribution in [2.75, 3.05) is 7.09 Å². The molecule has 1 heterocycles. The lowest BCUT2D eigenvalue weighted by atomic mass is 10.4. The Morgan fingerprint density at radius 2 is 2.56 bits per heavy atom. The maximum absolute atomic E-state index is 6.75. The molecule has 0 aliphatic carbocycles. The van der Waals surface area contributed by atoms with Gasteiger partial charge in [0.05, 0.1) is 8.46 Å². The Kier molecular flexibility index (Phi) is 1.32. The predicted molar refractivity (Wildman–Crippen MR) is 35.5 cm³/mol. The summed E-state index contributed by atoms with van der Waals surface area (Å²) in [6.07, 6.45) is 0. The molecular weight excluding hydrogens is 114 g/mol. The minimum atomic E-state index is -0.0730. The number of methoxy groups -OCH3 is 1. The quantitative estimate of drug-likeness (QED) is 0.564. The van der Waals surface area contributed by atoms with Crippen molar-refractivity contribution in [3.05, 3.63) is 23.9 Å². The van der Waals surface area contributed by atoms with Crippen molar-refractivity contribution in [2.24, 2.45) is 0 Å². The maximum atomic E-state index is 6.75. The third-order valence-electron chi connectivity index (χ3n) is 1.01. The zero-order valence-corrected chi connectivity index (χ0v) is 5.29. The first-order chi connectivity index (χ1) is 4.83. The smallest absolute Gasteiger partial charge is 0.213 e. The van der Waals surface area contributed by atoms with Crippen molar-refractivity contribution in [2.45, 2.75) is 6.92 Å². The molecule has 0 aliphatic rings. The summed E-state index contributed by atoms with van der Waals surface area (Å²) in [5.41, 5.74) is 0.908. The van der Waals surface area contributed by atoms with E-state index in [1.165, 1.54) is 0 Å². The number of hydrogen-bond acceptors (Lipinski definition) is 2. The normalized spacial score (nSPS) is 10.6. The number of aromatic nitrogens is 1. The molecule has 1 rings (SSSR count). The molecule has 0 saturated heterocycles. The van der Waals surface area contributed by atoms with Gasteiger partial charge in [0.15, 0.2) is 0 Å². The number of hydrogen-bond donors (Lipinski definition) is 0. The summed E-state index contributed by atoms with van der Waals surface area (Å²) in [4.78, 5) is 4.02. The van der Waals surface area contributed by atoms with E-state index in [1.54, 1.807) is 6.07 Å². The number of pyridine rings is 1. The van der Waals surface area contributed by atoms with Gasteiger partial charge in [-0.05, 0) is 13.0 Å². The molecular formula is C7H9NO. The fourth-order valence-corrected chi connectivity index (χ4v) is 0.598. The van der Waals surface area contributed by atoms with Crippen LogP contribution in [0.2, 0.25) is 0 Å². The van der Waals surface area contributed by atoms with Crippen LogP contribution in [0.25, 0.3) is 0 Å². The van der Waals surface area contributed by atoms with E-state index >= 15 is 0 Å². The molecule has 0 aliphatic heterocycles. The van der Waals surface area contributed by atoms with Crippen LogP contribution in [0.3, 0.4) is 0 Å². The SMILES string of the molecule is [2H]COc1cccc(C)n1. The zero-order valence-electron chi connectivity index (χ0n) is 6.29. The van der Waals surface area contributed by atoms with Gasteiger partial charge in [0.2, 0.25) is 5.88 Å². The Morgan fingerprint density at radius 3 is 3.22 bits per heavy atom. The second kappa shape index (κ2) is 2.49. The molecule has 0 N–H and O–H groups in total. The minimum absolute atomic E-state index is 0.0730. The van der Waals surface area contributed by atoms with Crippen molar-refractivity contribution in [1.29, 1.82) is 0 Å². The second-order valence-corrected chi connectivity index (χ2v) is 1.76. The van der Waals surface area contributed by atoms with E-state index in [9.17, 15) is 0 Å². The molecule has 0 atom stereocenters. The molecule has 0 spiro atoms. The van der Waals surface area contributed by atoms with Crippen molar-refractivity contribution >= 4 is 0 Å². The Bertz CT molecular complexity index is 215. The molecule has 2 nitrogen and oxygen atoms in total. The van der Waals surface area contributed by atoms with Crippen LogP contribution in [0.5, 0.6) is 5.88 Å². The van der Waals surface area contributed by atoms with Crippen LogP contribution >= 0.6 is 0 Å². The van der Waals surface area contributed by atoms with Crippen LogP contribution in [0, 0.1) is 6.92 Å². The lowest BCUT2D eigenvalue weighted by Gasteiger charge is -1.96. The summed E-state index contributed by atoms with van der Waals surface area (Å²) >= 11 is 0. The van der Waals surface area contributed by atoms with Gasteiger partial charge in [-0.1, -0.05) is 6.07 Å². The molecule has 48 valence electrons. The van der Waals surface area contributed by atoms with Gasteiger partial charge < -0.3 is 4.74 Å². The summed E-state index contributed by atoms with van der Waals surface area (Å²) in [6, 6.07) is 5.48. The van der Waals surface area contributed by atoms with Crippen LogP contribution in [0.15, 0.2) is 18.2 Å². The number of ether oxygens (including phenoxy) is 1. The lowest BCUT2D eigenvalue weighted by Crippen LogP contribution is -1.87. The highest BCUT2D eigenvalue weighted by Crippen LogP contribution is 2.04. The molecule has 0 amide bonds. The fraction of sp³-hybridized carbons (Fsp3) is 0.286. The standard InChI is InChI=1S/C7H9NO/c1-6-4-3-5-7(8-6)9-2/h3-5H,1-2H3/i2D. The third-order valence-corrected chi connectivity index (χ3v) is 1.01. The van der Waals surface area contributed by atoms with Crippen LogP contribution in [0.4, 0.5) is 0 Å². The number of nitrogens with zero attached hydrogens (tertiary/aromatic N) is 1. The third kappa shape index (κ3) is 1.42.